The summed E-state index contributed by atoms with van der Waals surface area (Å²) >= 11 is 5.30. The SMILES string of the molecule is CC(=S)C1(C)C=C2OC(=O)CC(C)C2CC1.CC1=C2CCC(C)(C)CC2OC(=O)C1.CC1=C2CCC(C)(C3CCOC3)CC2OC(=O)C1.CC1CC(=O)OC2CC(C)(CC=O)CCC12.CC1CCOC2CC(C)(C(O)CN)CCC12.CCC1(C)C=C2OC(=O)CC(C)C2CC1.CCCCC1(C)CCC2=C(C)CC(=O)OC2C1. The third-order valence-corrected chi connectivity index (χ3v) is 30.8. The normalized spacial score (nSPS) is 39.2. The number of rotatable bonds is 10. The molecule has 5 saturated heterocycles. The van der Waals surface area contributed by atoms with E-state index in [0.29, 0.717) is 116 Å². The quantitative estimate of drug-likeness (QED) is 0.0679. The lowest BCUT2D eigenvalue weighted by molar-refractivity contribution is -0.170. The van der Waals surface area contributed by atoms with Crippen LogP contribution < -0.4 is 5.73 Å². The first-order chi connectivity index (χ1) is 52.7. The molecule has 5 saturated carbocycles. The lowest BCUT2D eigenvalue weighted by atomic mass is 9.63. The van der Waals surface area contributed by atoms with Gasteiger partial charge in [-0.1, -0.05) is 139 Å². The number of hydrogen-bond donors (Lipinski definition) is 2. The van der Waals surface area contributed by atoms with Crippen LogP contribution in [-0.4, -0.2) is 115 Å². The number of ether oxygens (including phenoxy) is 8. The number of unbranched alkanes of at least 4 members (excludes halogenated alkanes) is 1. The molecule has 0 radical (unpaired) electrons. The predicted octanol–water partition coefficient (Wildman–Crippen LogP) is 20.1. The molecule has 17 nitrogen and oxygen atoms in total. The lowest BCUT2D eigenvalue weighted by Crippen LogP contribution is -2.49. The molecule has 8 heterocycles. The molecule has 3 N–H and O–H groups in total. The average Bonchev–Trinajstić information content (AvgIpc) is 1.33. The number of aliphatic hydroxyl groups excluding tert-OH is 1. The van der Waals surface area contributed by atoms with E-state index in [2.05, 4.69) is 130 Å². The lowest BCUT2D eigenvalue weighted by Gasteiger charge is -2.48. The summed E-state index contributed by atoms with van der Waals surface area (Å²) in [5, 5.41) is 10.0. The summed E-state index contributed by atoms with van der Waals surface area (Å²) in [6.07, 6.45) is 37.4. The number of esters is 6. The van der Waals surface area contributed by atoms with E-state index in [0.717, 1.165) is 145 Å². The molecule has 0 aromatic carbocycles. The first-order valence-electron chi connectivity index (χ1n) is 43.9. The van der Waals surface area contributed by atoms with Crippen LogP contribution in [-0.2, 0) is 71.5 Å². The van der Waals surface area contributed by atoms with Gasteiger partial charge in [0, 0.05) is 69.3 Å². The number of carbonyl (C=O) groups is 7. The van der Waals surface area contributed by atoms with E-state index in [9.17, 15) is 38.7 Å². The highest BCUT2D eigenvalue weighted by Crippen LogP contribution is 2.54. The number of nitrogens with two attached hydrogens (primary N) is 1. The molecule has 10 fully saturated rings. The van der Waals surface area contributed by atoms with Gasteiger partial charge >= 0.3 is 35.8 Å². The monoisotopic (exact) mass is 1580 g/mol. The van der Waals surface area contributed by atoms with Gasteiger partial charge in [-0.25, -0.2) is 0 Å². The zero-order chi connectivity index (χ0) is 82.1. The molecule has 112 heavy (non-hydrogen) atoms. The minimum atomic E-state index is -0.380. The van der Waals surface area contributed by atoms with E-state index < -0.39 is 0 Å². The van der Waals surface area contributed by atoms with Gasteiger partial charge in [-0.15, -0.1) is 0 Å². The largest absolute Gasteiger partial charge is 0.462 e. The van der Waals surface area contributed by atoms with Gasteiger partial charge in [-0.2, -0.15) is 0 Å². The van der Waals surface area contributed by atoms with Crippen molar-refractivity contribution in [2.45, 2.75) is 367 Å². The van der Waals surface area contributed by atoms with Crippen molar-refractivity contribution < 1.29 is 76.6 Å². The van der Waals surface area contributed by atoms with Crippen LogP contribution in [0.2, 0.25) is 0 Å². The Kier molecular flexibility index (Phi) is 31.4. The summed E-state index contributed by atoms with van der Waals surface area (Å²) in [5.74, 6) is 6.31. The summed E-state index contributed by atoms with van der Waals surface area (Å²) in [4.78, 5) is 80.2. The molecule has 15 aliphatic rings. The Bertz CT molecular complexity index is 3520. The maximum atomic E-state index is 11.6. The van der Waals surface area contributed by atoms with Gasteiger partial charge in [0.05, 0.1) is 31.5 Å². The number of thiocarbonyl (C=S) groups is 1. The summed E-state index contributed by atoms with van der Waals surface area (Å²) in [6.45, 7) is 42.3. The van der Waals surface area contributed by atoms with Crippen molar-refractivity contribution in [2.75, 3.05) is 26.4 Å². The van der Waals surface area contributed by atoms with Crippen molar-refractivity contribution >= 4 is 59.2 Å². The highest BCUT2D eigenvalue weighted by Gasteiger charge is 2.50. The molecule has 630 valence electrons. The van der Waals surface area contributed by atoms with Crippen molar-refractivity contribution in [1.82, 2.24) is 0 Å². The van der Waals surface area contributed by atoms with Gasteiger partial charge in [0.1, 0.15) is 42.2 Å². The molecular formula is C94H147NO16S. The van der Waals surface area contributed by atoms with Crippen LogP contribution >= 0.6 is 12.2 Å². The molecule has 21 unspecified atom stereocenters. The number of allylic oxidation sites excluding steroid dienone is 4. The molecule has 8 aliphatic heterocycles. The number of aldehydes is 1. The zero-order valence-corrected chi connectivity index (χ0v) is 73.2. The van der Waals surface area contributed by atoms with E-state index >= 15 is 0 Å². The Hall–Kier alpha value is -4.88. The molecule has 0 spiro atoms. The van der Waals surface area contributed by atoms with Crippen LogP contribution in [0.25, 0.3) is 0 Å². The van der Waals surface area contributed by atoms with Crippen LogP contribution in [0.15, 0.2) is 57.1 Å². The van der Waals surface area contributed by atoms with Gasteiger partial charge in [-0.3, -0.25) is 28.8 Å². The smallest absolute Gasteiger partial charge is 0.311 e. The standard InChI is InChI=1S/C15H22O3.C15H24O2.C13H25NO2.C13H20O3.C13H18O2S.C13H20O2.C12H18O2/c1-10-7-14(16)18-13-8-15(2,5-3-12(10)13)11-4-6-17-9-11;1-4-5-7-15(3)8-6-12-11(2)9-14(16)17-13(12)10-15;1-9-4-6-16-11-7-13(2,12(15)8-14)5-3-10(9)11;1-9-7-12(15)16-11-8-13(2,5-6-14)4-3-10(9)11;1-8-6-12(14)15-11-7-13(3,9(2)16)5-4-10(8)11;1-4-13(3)6-5-10-9(2)7-12(14)15-11(10)8-13;1-8-6-11(13)14-10-7-12(2,3)5-4-9(8)10/h11,13H,3-9H2,1-2H3;13H,4-10H2,1-3H3;9-12,15H,3-8,14H2,1-2H3;6,9-11H,3-5,7-8H2,1-2H3;7-8,10H,4-6H2,1-3H3;8-10H,4-7H2,1-3H3;10H,4-7H2,1-3H3. The number of hydrogen-bond acceptors (Lipinski definition) is 18. The zero-order valence-electron chi connectivity index (χ0n) is 72.4. The molecule has 0 aromatic rings. The fraction of sp³-hybridized carbons (Fsp3) is 0.809. The average molecular weight is 1580 g/mol. The van der Waals surface area contributed by atoms with E-state index in [1.807, 2.05) is 6.92 Å². The first kappa shape index (κ1) is 91.0. The number of carbonyl (C=O) groups excluding carboxylic acids is 7. The van der Waals surface area contributed by atoms with Gasteiger partial charge in [0.15, 0.2) is 0 Å². The third-order valence-electron chi connectivity index (χ3n) is 30.3. The second-order valence-electron chi connectivity index (χ2n) is 40.2. The maximum Gasteiger partial charge on any atom is 0.311 e. The molecule has 0 aromatic heterocycles. The van der Waals surface area contributed by atoms with Crippen LogP contribution in [0.4, 0.5) is 0 Å². The fourth-order valence-electron chi connectivity index (χ4n) is 21.5. The number of fused-ring (bicyclic) bond motifs is 7. The number of aliphatic hydroxyl groups is 1. The Balaban J connectivity index is 0.000000150. The Morgan fingerprint density at radius 2 is 1.10 bits per heavy atom. The van der Waals surface area contributed by atoms with Crippen molar-refractivity contribution in [2.24, 2.45) is 96.9 Å². The molecule has 0 amide bonds. The van der Waals surface area contributed by atoms with Gasteiger partial charge in [0.2, 0.25) is 0 Å². The maximum absolute atomic E-state index is 11.6. The second-order valence-corrected chi connectivity index (χ2v) is 40.9. The van der Waals surface area contributed by atoms with Crippen LogP contribution in [0.3, 0.4) is 0 Å². The molecular weight excluding hydrogens is 1430 g/mol. The molecule has 21 atom stereocenters. The highest BCUT2D eigenvalue weighted by atomic mass is 32.1. The topological polar surface area (TPSA) is 240 Å². The van der Waals surface area contributed by atoms with Gasteiger partial charge in [-0.05, 0) is 283 Å². The first-order valence-corrected chi connectivity index (χ1v) is 44.3. The minimum absolute atomic E-state index is 0.0315. The molecule has 18 heteroatoms. The second kappa shape index (κ2) is 38.7. The third kappa shape index (κ3) is 23.3. The Morgan fingerprint density at radius 1 is 0.562 bits per heavy atom. The predicted molar refractivity (Wildman–Crippen MR) is 442 cm³/mol. The minimum Gasteiger partial charge on any atom is -0.462 e. The fourth-order valence-corrected chi connectivity index (χ4v) is 21.7. The van der Waals surface area contributed by atoms with E-state index in [1.165, 1.54) is 97.6 Å². The van der Waals surface area contributed by atoms with Crippen molar-refractivity contribution in [1.29, 1.82) is 0 Å². The van der Waals surface area contributed by atoms with E-state index in [1.54, 1.807) is 0 Å². The van der Waals surface area contributed by atoms with Crippen molar-refractivity contribution in [3.8, 4) is 0 Å². The Morgan fingerprint density at radius 3 is 1.65 bits per heavy atom. The van der Waals surface area contributed by atoms with E-state index in [-0.39, 0.29) is 93.4 Å². The summed E-state index contributed by atoms with van der Waals surface area (Å²) in [5.41, 5.74) is 14.7. The molecule has 15 rings (SSSR count). The van der Waals surface area contributed by atoms with Crippen molar-refractivity contribution in [3.63, 3.8) is 0 Å². The van der Waals surface area contributed by atoms with Crippen LogP contribution in [0.5, 0.6) is 0 Å². The van der Waals surface area contributed by atoms with Crippen molar-refractivity contribution in [3.05, 3.63) is 57.1 Å². The molecule has 0 bridgehead atoms. The van der Waals surface area contributed by atoms with Crippen LogP contribution in [0.1, 0.15) is 330 Å². The summed E-state index contributed by atoms with van der Waals surface area (Å²) in [7, 11) is 0. The van der Waals surface area contributed by atoms with Gasteiger partial charge in [0.25, 0.3) is 0 Å². The van der Waals surface area contributed by atoms with Gasteiger partial charge < -0.3 is 53.5 Å². The summed E-state index contributed by atoms with van der Waals surface area (Å²) in [6, 6.07) is 0. The van der Waals surface area contributed by atoms with E-state index in [4.69, 9.17) is 55.8 Å². The highest BCUT2D eigenvalue weighted by molar-refractivity contribution is 7.80. The summed E-state index contributed by atoms with van der Waals surface area (Å²) < 4.78 is 44.1. The Labute approximate surface area is 679 Å². The van der Waals surface area contributed by atoms with Crippen LogP contribution in [0, 0.1) is 91.2 Å². The molecule has 7 aliphatic carbocycles.